The number of nitrogens with zero attached hydrogens (tertiary/aromatic N) is 2. The number of carbonyl (C=O) groups is 2. The van der Waals surface area contributed by atoms with Crippen LogP contribution in [-0.2, 0) is 9.53 Å². The average molecular weight is 517 g/mol. The first-order valence-electron chi connectivity index (χ1n) is 12.3. The second-order valence-corrected chi connectivity index (χ2v) is 9.81. The summed E-state index contributed by atoms with van der Waals surface area (Å²) in [5.41, 5.74) is 5.07. The molecule has 0 saturated carbocycles. The Kier molecular flexibility index (Phi) is 7.17. The van der Waals surface area contributed by atoms with Gasteiger partial charge in [0.05, 0.1) is 17.0 Å². The maximum Gasteiger partial charge on any atom is 0.414 e. The zero-order valence-corrected chi connectivity index (χ0v) is 21.6. The Morgan fingerprint density at radius 1 is 1.05 bits per heavy atom. The fraction of sp³-hybridized carbons (Fsp3) is 0.241. The van der Waals surface area contributed by atoms with Crippen molar-refractivity contribution < 1.29 is 14.3 Å². The van der Waals surface area contributed by atoms with Gasteiger partial charge >= 0.3 is 6.09 Å². The minimum atomic E-state index is -0.361. The molecule has 3 aromatic carbocycles. The fourth-order valence-corrected chi connectivity index (χ4v) is 4.79. The van der Waals surface area contributed by atoms with Crippen molar-refractivity contribution in [1.29, 1.82) is 0 Å². The molecule has 5 rings (SSSR count). The number of ether oxygens (including phenoxy) is 1. The lowest BCUT2D eigenvalue weighted by atomic mass is 10.00. The molecule has 8 heteroatoms. The van der Waals surface area contributed by atoms with E-state index in [-0.39, 0.29) is 18.1 Å². The van der Waals surface area contributed by atoms with Crippen molar-refractivity contribution in [2.24, 2.45) is 0 Å². The van der Waals surface area contributed by atoms with Crippen LogP contribution in [0.1, 0.15) is 24.0 Å². The van der Waals surface area contributed by atoms with E-state index in [0.717, 1.165) is 48.4 Å². The zero-order valence-electron chi connectivity index (χ0n) is 20.8. The van der Waals surface area contributed by atoms with Crippen LogP contribution in [-0.4, -0.2) is 50.2 Å². The van der Waals surface area contributed by atoms with E-state index in [1.54, 1.807) is 19.2 Å². The lowest BCUT2D eigenvalue weighted by molar-refractivity contribution is -0.110. The lowest BCUT2D eigenvalue weighted by Crippen LogP contribution is -2.38. The molecule has 0 spiro atoms. The Bertz CT molecular complexity index is 1330. The van der Waals surface area contributed by atoms with Crippen LogP contribution in [0.15, 0.2) is 72.8 Å². The number of carbonyl (C=O) groups excluding carboxylic acids is 2. The average Bonchev–Trinajstić information content (AvgIpc) is 3.23. The topological polar surface area (TPSA) is 73.9 Å². The third kappa shape index (κ3) is 5.48. The van der Waals surface area contributed by atoms with Crippen molar-refractivity contribution in [2.45, 2.75) is 18.9 Å². The number of piperidine rings is 1. The highest BCUT2D eigenvalue weighted by Gasteiger charge is 2.29. The molecule has 0 aliphatic carbocycles. The Balaban J connectivity index is 1.38. The van der Waals surface area contributed by atoms with Crippen LogP contribution in [0.25, 0.3) is 11.3 Å². The molecule has 0 aromatic heterocycles. The van der Waals surface area contributed by atoms with Crippen molar-refractivity contribution >= 4 is 51.9 Å². The Hall–Kier alpha value is -3.81. The summed E-state index contributed by atoms with van der Waals surface area (Å²) < 4.78 is 5.71. The lowest BCUT2D eigenvalue weighted by Gasteiger charge is -2.30. The number of benzene rings is 3. The summed E-state index contributed by atoms with van der Waals surface area (Å²) in [7, 11) is 3.79. The van der Waals surface area contributed by atoms with Crippen molar-refractivity contribution in [3.8, 4) is 0 Å². The molecule has 7 nitrogen and oxygen atoms in total. The Morgan fingerprint density at radius 2 is 1.76 bits per heavy atom. The molecular formula is C29H29ClN4O3. The predicted molar refractivity (Wildman–Crippen MR) is 149 cm³/mol. The number of anilines is 3. The molecule has 37 heavy (non-hydrogen) atoms. The van der Waals surface area contributed by atoms with Crippen LogP contribution >= 0.6 is 11.6 Å². The van der Waals surface area contributed by atoms with Crippen LogP contribution in [0.3, 0.4) is 0 Å². The molecule has 0 bridgehead atoms. The molecule has 0 radical (unpaired) electrons. The Labute approximate surface area is 221 Å². The number of amides is 2. The predicted octanol–water partition coefficient (Wildman–Crippen LogP) is 5.94. The maximum atomic E-state index is 13.0. The Morgan fingerprint density at radius 3 is 2.46 bits per heavy atom. The van der Waals surface area contributed by atoms with E-state index in [1.807, 2.05) is 60.7 Å². The van der Waals surface area contributed by atoms with Gasteiger partial charge in [-0.15, -0.1) is 0 Å². The maximum absolute atomic E-state index is 13.0. The van der Waals surface area contributed by atoms with Gasteiger partial charge in [0.25, 0.3) is 5.91 Å². The highest BCUT2D eigenvalue weighted by atomic mass is 35.5. The summed E-state index contributed by atoms with van der Waals surface area (Å²) in [5.74, 6) is -0.198. The van der Waals surface area contributed by atoms with Gasteiger partial charge in [-0.05, 0) is 61.9 Å². The molecular weight excluding hydrogens is 488 g/mol. The zero-order chi connectivity index (χ0) is 25.9. The third-order valence-electron chi connectivity index (χ3n) is 6.77. The van der Waals surface area contributed by atoms with Crippen molar-refractivity contribution in [1.82, 2.24) is 4.90 Å². The van der Waals surface area contributed by atoms with Crippen LogP contribution in [0.2, 0.25) is 5.02 Å². The van der Waals surface area contributed by atoms with Gasteiger partial charge in [-0.25, -0.2) is 4.79 Å². The van der Waals surface area contributed by atoms with Gasteiger partial charge in [0.15, 0.2) is 0 Å². The molecule has 2 N–H and O–H groups in total. The van der Waals surface area contributed by atoms with E-state index < -0.39 is 0 Å². The van der Waals surface area contributed by atoms with E-state index in [1.165, 1.54) is 4.90 Å². The number of nitrogens with one attached hydrogen (secondary N) is 2. The second-order valence-electron chi connectivity index (χ2n) is 9.38. The molecule has 2 amide bonds. The molecule has 3 aromatic rings. The number of hydrogen-bond acceptors (Lipinski definition) is 5. The van der Waals surface area contributed by atoms with E-state index in [4.69, 9.17) is 16.3 Å². The number of hydrogen-bond donors (Lipinski definition) is 2. The van der Waals surface area contributed by atoms with Gasteiger partial charge in [-0.2, -0.15) is 0 Å². The summed E-state index contributed by atoms with van der Waals surface area (Å²) in [6.45, 7) is 1.85. The molecule has 2 aliphatic heterocycles. The summed E-state index contributed by atoms with van der Waals surface area (Å²) in [4.78, 5) is 29.5. The number of likely N-dealkylation sites (tertiary alicyclic amines) is 1. The van der Waals surface area contributed by atoms with Crippen LogP contribution in [0, 0.1) is 0 Å². The summed E-state index contributed by atoms with van der Waals surface area (Å²) >= 11 is 6.15. The van der Waals surface area contributed by atoms with E-state index in [0.29, 0.717) is 22.0 Å². The summed E-state index contributed by atoms with van der Waals surface area (Å²) in [6, 6.07) is 22.6. The highest BCUT2D eigenvalue weighted by Crippen LogP contribution is 2.38. The SMILES string of the molecule is CN1CCC(OC(=O)N(C)c2ccc(N/C(=C3\C(=O)Nc4cc(Cl)ccc43)c3ccccc3)cc2)CC1. The molecule has 2 aliphatic rings. The summed E-state index contributed by atoms with van der Waals surface area (Å²) in [5, 5.41) is 6.91. The molecule has 0 atom stereocenters. The second kappa shape index (κ2) is 10.7. The normalized spacial score (nSPS) is 17.1. The number of halogens is 1. The van der Waals surface area contributed by atoms with E-state index >= 15 is 0 Å². The molecule has 0 unspecified atom stereocenters. The fourth-order valence-electron chi connectivity index (χ4n) is 4.62. The van der Waals surface area contributed by atoms with Crippen molar-refractivity contribution in [3.05, 3.63) is 88.9 Å². The van der Waals surface area contributed by atoms with Gasteiger partial charge in [0.1, 0.15) is 6.10 Å². The first-order chi connectivity index (χ1) is 17.9. The number of rotatable bonds is 5. The minimum absolute atomic E-state index is 0.0533. The van der Waals surface area contributed by atoms with Gasteiger partial charge in [-0.3, -0.25) is 9.69 Å². The van der Waals surface area contributed by atoms with Gasteiger partial charge in [0, 0.05) is 42.1 Å². The van der Waals surface area contributed by atoms with Crippen molar-refractivity contribution in [2.75, 3.05) is 42.7 Å². The first kappa shape index (κ1) is 24.9. The van der Waals surface area contributed by atoms with E-state index in [9.17, 15) is 9.59 Å². The highest BCUT2D eigenvalue weighted by molar-refractivity contribution is 6.38. The third-order valence-corrected chi connectivity index (χ3v) is 7.00. The quantitative estimate of drug-likeness (QED) is 0.410. The van der Waals surface area contributed by atoms with Gasteiger partial charge in [0.2, 0.25) is 0 Å². The molecule has 2 heterocycles. The van der Waals surface area contributed by atoms with Crippen LogP contribution in [0.4, 0.5) is 21.9 Å². The van der Waals surface area contributed by atoms with Crippen molar-refractivity contribution in [3.63, 3.8) is 0 Å². The molecule has 190 valence electrons. The van der Waals surface area contributed by atoms with Gasteiger partial charge in [-0.1, -0.05) is 48.0 Å². The largest absolute Gasteiger partial charge is 0.446 e. The van der Waals surface area contributed by atoms with Gasteiger partial charge < -0.3 is 20.3 Å². The molecule has 1 saturated heterocycles. The minimum Gasteiger partial charge on any atom is -0.446 e. The number of fused-ring (bicyclic) bond motifs is 1. The van der Waals surface area contributed by atoms with Crippen LogP contribution in [0.5, 0.6) is 0 Å². The monoisotopic (exact) mass is 516 g/mol. The smallest absolute Gasteiger partial charge is 0.414 e. The first-order valence-corrected chi connectivity index (χ1v) is 12.7. The van der Waals surface area contributed by atoms with Crippen LogP contribution < -0.4 is 15.5 Å². The summed E-state index contributed by atoms with van der Waals surface area (Å²) in [6.07, 6.45) is 1.28. The molecule has 1 fully saturated rings. The standard InChI is InChI=1S/C29H29ClN4O3/c1-33-16-14-23(15-17-33)37-29(36)34(2)22-11-9-21(10-12-22)31-27(19-6-4-3-5-7-19)26-24-13-8-20(30)18-25(24)32-28(26)35/h3-13,18,23,31H,14-17H2,1-2H3,(H,32,35)/b27-26-. The van der Waals surface area contributed by atoms with E-state index in [2.05, 4.69) is 22.6 Å².